The van der Waals surface area contributed by atoms with E-state index in [-0.39, 0.29) is 11.3 Å². The maximum atomic E-state index is 13.1. The van der Waals surface area contributed by atoms with E-state index in [4.69, 9.17) is 11.5 Å². The van der Waals surface area contributed by atoms with Crippen LogP contribution in [0.5, 0.6) is 0 Å². The first-order chi connectivity index (χ1) is 6.66. The zero-order valence-electron chi connectivity index (χ0n) is 7.48. The van der Waals surface area contributed by atoms with E-state index in [1.165, 1.54) is 6.07 Å². The van der Waals surface area contributed by atoms with Crippen LogP contribution in [0, 0.1) is 23.5 Å². The van der Waals surface area contributed by atoms with Crippen LogP contribution >= 0.6 is 0 Å². The maximum absolute atomic E-state index is 13.1. The van der Waals surface area contributed by atoms with Gasteiger partial charge in [-0.2, -0.15) is 0 Å². The molecule has 0 spiro atoms. The standard InChI is InChI=1S/C10H10F2N2/c11-8-4-5-9(14)7(10(8)12)3-1-2-6-13/h4-5H,2,6,13-14H2. The van der Waals surface area contributed by atoms with Crippen molar-refractivity contribution in [3.63, 3.8) is 0 Å². The van der Waals surface area contributed by atoms with Gasteiger partial charge < -0.3 is 11.5 Å². The first kappa shape index (κ1) is 10.5. The summed E-state index contributed by atoms with van der Waals surface area (Å²) in [5.41, 5.74) is 10.7. The Balaban J connectivity index is 3.08. The lowest BCUT2D eigenvalue weighted by molar-refractivity contribution is 0.507. The first-order valence-electron chi connectivity index (χ1n) is 4.09. The van der Waals surface area contributed by atoms with E-state index >= 15 is 0 Å². The molecule has 0 bridgehead atoms. The van der Waals surface area contributed by atoms with E-state index in [0.717, 1.165) is 6.07 Å². The van der Waals surface area contributed by atoms with Gasteiger partial charge in [-0.15, -0.1) is 0 Å². The van der Waals surface area contributed by atoms with Gasteiger partial charge in [0.05, 0.1) is 11.3 Å². The van der Waals surface area contributed by atoms with Crippen molar-refractivity contribution in [3.05, 3.63) is 29.3 Å². The van der Waals surface area contributed by atoms with Crippen molar-refractivity contribution in [1.82, 2.24) is 0 Å². The van der Waals surface area contributed by atoms with Gasteiger partial charge in [0, 0.05) is 13.0 Å². The van der Waals surface area contributed by atoms with Gasteiger partial charge in [-0.05, 0) is 12.1 Å². The molecule has 1 aromatic rings. The lowest BCUT2D eigenvalue weighted by Gasteiger charge is -2.00. The Kier molecular flexibility index (Phi) is 3.43. The molecule has 0 saturated heterocycles. The zero-order valence-corrected chi connectivity index (χ0v) is 7.48. The number of nitrogen functional groups attached to an aromatic ring is 1. The molecule has 14 heavy (non-hydrogen) atoms. The minimum atomic E-state index is -1.01. The summed E-state index contributed by atoms with van der Waals surface area (Å²) < 4.78 is 25.8. The highest BCUT2D eigenvalue weighted by atomic mass is 19.2. The SMILES string of the molecule is NCCC#Cc1c(N)ccc(F)c1F. The summed E-state index contributed by atoms with van der Waals surface area (Å²) in [7, 11) is 0. The Morgan fingerprint density at radius 2 is 2.00 bits per heavy atom. The molecule has 4 N–H and O–H groups in total. The van der Waals surface area contributed by atoms with E-state index < -0.39 is 11.6 Å². The second-order valence-electron chi connectivity index (χ2n) is 2.67. The van der Waals surface area contributed by atoms with Crippen molar-refractivity contribution in [1.29, 1.82) is 0 Å². The molecule has 0 heterocycles. The van der Waals surface area contributed by atoms with Gasteiger partial charge in [0.25, 0.3) is 0 Å². The van der Waals surface area contributed by atoms with Crippen molar-refractivity contribution in [3.8, 4) is 11.8 Å². The summed E-state index contributed by atoms with van der Waals surface area (Å²) in [5, 5.41) is 0. The fourth-order valence-corrected chi connectivity index (χ4v) is 0.916. The van der Waals surface area contributed by atoms with E-state index in [0.29, 0.717) is 13.0 Å². The Morgan fingerprint density at radius 3 is 2.64 bits per heavy atom. The van der Waals surface area contributed by atoms with Gasteiger partial charge in [-0.3, -0.25) is 0 Å². The highest BCUT2D eigenvalue weighted by Crippen LogP contribution is 2.17. The van der Waals surface area contributed by atoms with Gasteiger partial charge in [-0.1, -0.05) is 11.8 Å². The molecule has 0 aliphatic heterocycles. The molecule has 74 valence electrons. The summed E-state index contributed by atoms with van der Waals surface area (Å²) in [6.45, 7) is 0.379. The normalized spacial score (nSPS) is 9.36. The van der Waals surface area contributed by atoms with Crippen LogP contribution in [0.1, 0.15) is 12.0 Å². The van der Waals surface area contributed by atoms with Gasteiger partial charge in [0.2, 0.25) is 0 Å². The van der Waals surface area contributed by atoms with E-state index in [1.54, 1.807) is 0 Å². The molecule has 0 atom stereocenters. The summed E-state index contributed by atoms with van der Waals surface area (Å²) in [6.07, 6.45) is 0.426. The molecule has 4 heteroatoms. The third-order valence-electron chi connectivity index (χ3n) is 1.61. The zero-order chi connectivity index (χ0) is 10.6. The second-order valence-corrected chi connectivity index (χ2v) is 2.67. The molecule has 0 aromatic heterocycles. The molecule has 0 amide bonds. The fourth-order valence-electron chi connectivity index (χ4n) is 0.916. The Morgan fingerprint density at radius 1 is 1.29 bits per heavy atom. The third-order valence-corrected chi connectivity index (χ3v) is 1.61. The van der Waals surface area contributed by atoms with Crippen LogP contribution in [0.4, 0.5) is 14.5 Å². The van der Waals surface area contributed by atoms with Crippen molar-refractivity contribution in [2.45, 2.75) is 6.42 Å². The minimum absolute atomic E-state index is 0.0987. The monoisotopic (exact) mass is 196 g/mol. The van der Waals surface area contributed by atoms with E-state index in [1.807, 2.05) is 0 Å². The van der Waals surface area contributed by atoms with Crippen molar-refractivity contribution >= 4 is 5.69 Å². The van der Waals surface area contributed by atoms with Crippen LogP contribution < -0.4 is 11.5 Å². The second kappa shape index (κ2) is 4.58. The lowest BCUT2D eigenvalue weighted by Crippen LogP contribution is -1.98. The molecule has 0 unspecified atom stereocenters. The molecule has 1 rings (SSSR count). The van der Waals surface area contributed by atoms with Crippen LogP contribution in [0.25, 0.3) is 0 Å². The van der Waals surface area contributed by atoms with E-state index in [2.05, 4.69) is 11.8 Å². The lowest BCUT2D eigenvalue weighted by atomic mass is 10.1. The van der Waals surface area contributed by atoms with Crippen LogP contribution in [-0.2, 0) is 0 Å². The van der Waals surface area contributed by atoms with Gasteiger partial charge >= 0.3 is 0 Å². The minimum Gasteiger partial charge on any atom is -0.398 e. The number of anilines is 1. The number of halogens is 2. The number of nitrogens with two attached hydrogens (primary N) is 2. The molecule has 0 radical (unpaired) electrons. The molecule has 2 nitrogen and oxygen atoms in total. The highest BCUT2D eigenvalue weighted by molar-refractivity contribution is 5.56. The Bertz CT molecular complexity index is 391. The predicted molar refractivity (Wildman–Crippen MR) is 51.3 cm³/mol. The number of hydrogen-bond acceptors (Lipinski definition) is 2. The summed E-state index contributed by atoms with van der Waals surface area (Å²) >= 11 is 0. The first-order valence-corrected chi connectivity index (χ1v) is 4.09. The topological polar surface area (TPSA) is 52.0 Å². The van der Waals surface area contributed by atoms with Gasteiger partial charge in [-0.25, -0.2) is 8.78 Å². The average molecular weight is 196 g/mol. The quantitative estimate of drug-likeness (QED) is 0.524. The van der Waals surface area contributed by atoms with Crippen LogP contribution in [-0.4, -0.2) is 6.54 Å². The highest BCUT2D eigenvalue weighted by Gasteiger charge is 2.08. The van der Waals surface area contributed by atoms with Crippen molar-refractivity contribution in [2.24, 2.45) is 5.73 Å². The van der Waals surface area contributed by atoms with Gasteiger partial charge in [0.1, 0.15) is 0 Å². The Hall–Kier alpha value is -1.60. The van der Waals surface area contributed by atoms with Crippen LogP contribution in [0.3, 0.4) is 0 Å². The van der Waals surface area contributed by atoms with Crippen molar-refractivity contribution in [2.75, 3.05) is 12.3 Å². The molecular formula is C10H10F2N2. The number of hydrogen-bond donors (Lipinski definition) is 2. The number of rotatable bonds is 1. The summed E-state index contributed by atoms with van der Waals surface area (Å²) in [4.78, 5) is 0. The largest absolute Gasteiger partial charge is 0.398 e. The molecule has 0 aliphatic carbocycles. The molecule has 0 fully saturated rings. The van der Waals surface area contributed by atoms with Crippen LogP contribution in [0.2, 0.25) is 0 Å². The van der Waals surface area contributed by atoms with Crippen molar-refractivity contribution < 1.29 is 8.78 Å². The van der Waals surface area contributed by atoms with Gasteiger partial charge in [0.15, 0.2) is 11.6 Å². The Labute approximate surface area is 80.9 Å². The number of benzene rings is 1. The molecule has 0 saturated carbocycles. The predicted octanol–water partition coefficient (Wildman–Crippen LogP) is 1.25. The summed E-state index contributed by atoms with van der Waals surface area (Å²) in [6, 6.07) is 2.25. The third kappa shape index (κ3) is 2.21. The molecule has 1 aromatic carbocycles. The van der Waals surface area contributed by atoms with E-state index in [9.17, 15) is 8.78 Å². The smallest absolute Gasteiger partial charge is 0.176 e. The molecule has 0 aliphatic rings. The molecular weight excluding hydrogens is 186 g/mol. The fraction of sp³-hybridized carbons (Fsp3) is 0.200. The summed E-state index contributed by atoms with van der Waals surface area (Å²) in [5.74, 6) is 3.10. The van der Waals surface area contributed by atoms with Crippen LogP contribution in [0.15, 0.2) is 12.1 Å². The maximum Gasteiger partial charge on any atom is 0.176 e. The average Bonchev–Trinajstić information content (AvgIpc) is 2.18.